The van der Waals surface area contributed by atoms with E-state index in [0.717, 1.165) is 17.5 Å². The summed E-state index contributed by atoms with van der Waals surface area (Å²) in [6.07, 6.45) is 1.99. The molecule has 2 atom stereocenters. The predicted octanol–water partition coefficient (Wildman–Crippen LogP) is 2.95. The molecule has 0 radical (unpaired) electrons. The predicted molar refractivity (Wildman–Crippen MR) is 74.5 cm³/mol. The van der Waals surface area contributed by atoms with Crippen LogP contribution in [0, 0.1) is 0 Å². The van der Waals surface area contributed by atoms with Gasteiger partial charge in [0.2, 0.25) is 0 Å². The van der Waals surface area contributed by atoms with Gasteiger partial charge in [-0.05, 0) is 30.4 Å². The third-order valence-electron chi connectivity index (χ3n) is 4.26. The summed E-state index contributed by atoms with van der Waals surface area (Å²) >= 11 is 0. The minimum absolute atomic E-state index is 0.586. The summed E-state index contributed by atoms with van der Waals surface area (Å²) in [5.41, 5.74) is -0.816. The molecule has 98 valence electrons. The molecule has 0 spiro atoms. The van der Waals surface area contributed by atoms with Crippen LogP contribution in [0.3, 0.4) is 0 Å². The first kappa shape index (κ1) is 12.4. The molecular weight excluding hydrogens is 236 g/mol. The van der Waals surface area contributed by atoms with Crippen LogP contribution in [0.15, 0.2) is 60.7 Å². The summed E-state index contributed by atoms with van der Waals surface area (Å²) in [5.74, 6) is 0. The van der Waals surface area contributed by atoms with Gasteiger partial charge in [0.25, 0.3) is 0 Å². The number of hydrogen-bond acceptors (Lipinski definition) is 2. The van der Waals surface area contributed by atoms with Gasteiger partial charge in [0.1, 0.15) is 11.2 Å². The molecule has 2 aromatic rings. The fourth-order valence-electron chi connectivity index (χ4n) is 3.21. The van der Waals surface area contributed by atoms with Gasteiger partial charge < -0.3 is 10.2 Å². The molecule has 0 saturated heterocycles. The lowest BCUT2D eigenvalue weighted by Gasteiger charge is -2.39. The van der Waals surface area contributed by atoms with Crippen molar-refractivity contribution in [1.29, 1.82) is 0 Å². The zero-order valence-electron chi connectivity index (χ0n) is 10.8. The Morgan fingerprint density at radius 3 is 1.37 bits per heavy atom. The highest BCUT2D eigenvalue weighted by Crippen LogP contribution is 2.52. The number of aliphatic hydroxyl groups is 2. The Hall–Kier alpha value is -1.64. The van der Waals surface area contributed by atoms with Crippen molar-refractivity contribution in [1.82, 2.24) is 0 Å². The Kier molecular flexibility index (Phi) is 2.92. The molecule has 0 aromatic heterocycles. The van der Waals surface area contributed by atoms with Crippen molar-refractivity contribution in [2.75, 3.05) is 0 Å². The molecule has 2 nitrogen and oxygen atoms in total. The van der Waals surface area contributed by atoms with Crippen LogP contribution in [-0.4, -0.2) is 10.2 Å². The standard InChI is InChI=1S/C17H18O2/c18-16(14-8-3-1-4-9-14)12-7-13-17(16,19)15-10-5-2-6-11-15/h1-6,8-11,18-19H,7,12-13H2/t16-,17-/m0/s1. The molecule has 1 fully saturated rings. The van der Waals surface area contributed by atoms with Crippen molar-refractivity contribution in [3.63, 3.8) is 0 Å². The highest BCUT2D eigenvalue weighted by Gasteiger charge is 2.54. The van der Waals surface area contributed by atoms with E-state index in [1.54, 1.807) is 0 Å². The first-order chi connectivity index (χ1) is 9.17. The second-order valence-corrected chi connectivity index (χ2v) is 5.31. The van der Waals surface area contributed by atoms with Crippen LogP contribution in [0.25, 0.3) is 0 Å². The molecule has 0 amide bonds. The molecule has 1 aliphatic rings. The Morgan fingerprint density at radius 2 is 1.00 bits per heavy atom. The molecular formula is C17H18O2. The smallest absolute Gasteiger partial charge is 0.122 e. The van der Waals surface area contributed by atoms with Gasteiger partial charge in [-0.25, -0.2) is 0 Å². The Balaban J connectivity index is 2.11. The monoisotopic (exact) mass is 254 g/mol. The summed E-state index contributed by atoms with van der Waals surface area (Å²) in [6, 6.07) is 19.0. The fourth-order valence-corrected chi connectivity index (χ4v) is 3.21. The van der Waals surface area contributed by atoms with Crippen molar-refractivity contribution in [3.8, 4) is 0 Å². The minimum atomic E-state index is -1.20. The van der Waals surface area contributed by atoms with Gasteiger partial charge in [0, 0.05) is 0 Å². The van der Waals surface area contributed by atoms with Gasteiger partial charge in [0.15, 0.2) is 0 Å². The number of rotatable bonds is 2. The molecule has 3 rings (SSSR count). The fraction of sp³-hybridized carbons (Fsp3) is 0.294. The number of benzene rings is 2. The summed E-state index contributed by atoms with van der Waals surface area (Å²) < 4.78 is 0. The van der Waals surface area contributed by atoms with Crippen LogP contribution in [-0.2, 0) is 11.2 Å². The number of hydrogen-bond donors (Lipinski definition) is 2. The lowest BCUT2D eigenvalue weighted by molar-refractivity contribution is -0.143. The quantitative estimate of drug-likeness (QED) is 0.865. The van der Waals surface area contributed by atoms with E-state index < -0.39 is 11.2 Å². The first-order valence-electron chi connectivity index (χ1n) is 6.73. The third-order valence-corrected chi connectivity index (χ3v) is 4.26. The Morgan fingerprint density at radius 1 is 0.632 bits per heavy atom. The van der Waals surface area contributed by atoms with Crippen LogP contribution in [0.5, 0.6) is 0 Å². The lowest BCUT2D eigenvalue weighted by atomic mass is 9.76. The van der Waals surface area contributed by atoms with E-state index in [-0.39, 0.29) is 0 Å². The summed E-state index contributed by atoms with van der Waals surface area (Å²) in [7, 11) is 0. The normalized spacial score (nSPS) is 30.4. The third kappa shape index (κ3) is 1.79. The van der Waals surface area contributed by atoms with Crippen LogP contribution in [0.1, 0.15) is 30.4 Å². The van der Waals surface area contributed by atoms with Gasteiger partial charge in [0.05, 0.1) is 0 Å². The van der Waals surface area contributed by atoms with Gasteiger partial charge in [-0.1, -0.05) is 60.7 Å². The molecule has 19 heavy (non-hydrogen) atoms. The van der Waals surface area contributed by atoms with E-state index in [0.29, 0.717) is 12.8 Å². The van der Waals surface area contributed by atoms with E-state index in [4.69, 9.17) is 0 Å². The average molecular weight is 254 g/mol. The highest BCUT2D eigenvalue weighted by atomic mass is 16.4. The molecule has 1 saturated carbocycles. The molecule has 1 aliphatic carbocycles. The van der Waals surface area contributed by atoms with E-state index in [1.807, 2.05) is 60.7 Å². The zero-order chi connectivity index (χ0) is 13.3. The van der Waals surface area contributed by atoms with Crippen molar-refractivity contribution >= 4 is 0 Å². The summed E-state index contributed by atoms with van der Waals surface area (Å²) in [6.45, 7) is 0. The molecule has 2 aromatic carbocycles. The second-order valence-electron chi connectivity index (χ2n) is 5.31. The van der Waals surface area contributed by atoms with Crippen LogP contribution >= 0.6 is 0 Å². The molecule has 2 heteroatoms. The van der Waals surface area contributed by atoms with E-state index in [2.05, 4.69) is 0 Å². The molecule has 0 aliphatic heterocycles. The Bertz CT molecular complexity index is 500. The minimum Gasteiger partial charge on any atom is -0.382 e. The SMILES string of the molecule is O[C@]1(c2ccccc2)CCC[C@]1(O)c1ccccc1. The highest BCUT2D eigenvalue weighted by molar-refractivity contribution is 5.35. The lowest BCUT2D eigenvalue weighted by Crippen LogP contribution is -2.45. The maximum atomic E-state index is 11.1. The van der Waals surface area contributed by atoms with Gasteiger partial charge >= 0.3 is 0 Å². The molecule has 2 N–H and O–H groups in total. The first-order valence-corrected chi connectivity index (χ1v) is 6.73. The topological polar surface area (TPSA) is 40.5 Å². The molecule has 0 unspecified atom stereocenters. The summed E-state index contributed by atoms with van der Waals surface area (Å²) in [5, 5.41) is 22.2. The van der Waals surface area contributed by atoms with Crippen molar-refractivity contribution in [2.45, 2.75) is 30.5 Å². The zero-order valence-corrected chi connectivity index (χ0v) is 10.8. The van der Waals surface area contributed by atoms with Crippen molar-refractivity contribution < 1.29 is 10.2 Å². The van der Waals surface area contributed by atoms with Gasteiger partial charge in [-0.2, -0.15) is 0 Å². The summed E-state index contributed by atoms with van der Waals surface area (Å²) in [4.78, 5) is 0. The van der Waals surface area contributed by atoms with Crippen LogP contribution in [0.2, 0.25) is 0 Å². The van der Waals surface area contributed by atoms with E-state index in [9.17, 15) is 10.2 Å². The van der Waals surface area contributed by atoms with Crippen molar-refractivity contribution in [3.05, 3.63) is 71.8 Å². The van der Waals surface area contributed by atoms with Gasteiger partial charge in [-0.3, -0.25) is 0 Å². The van der Waals surface area contributed by atoms with E-state index in [1.165, 1.54) is 0 Å². The maximum Gasteiger partial charge on any atom is 0.122 e. The Labute approximate surface area is 113 Å². The molecule has 0 bridgehead atoms. The van der Waals surface area contributed by atoms with Crippen LogP contribution < -0.4 is 0 Å². The second kappa shape index (κ2) is 4.48. The van der Waals surface area contributed by atoms with E-state index >= 15 is 0 Å². The average Bonchev–Trinajstić information content (AvgIpc) is 2.79. The largest absolute Gasteiger partial charge is 0.382 e. The van der Waals surface area contributed by atoms with Crippen molar-refractivity contribution in [2.24, 2.45) is 0 Å². The van der Waals surface area contributed by atoms with Gasteiger partial charge in [-0.15, -0.1) is 0 Å². The maximum absolute atomic E-state index is 11.1. The molecule has 0 heterocycles. The van der Waals surface area contributed by atoms with Crippen LogP contribution in [0.4, 0.5) is 0 Å².